The Morgan fingerprint density at radius 2 is 2.20 bits per heavy atom. The normalized spacial score (nSPS) is 24.8. The summed E-state index contributed by atoms with van der Waals surface area (Å²) in [5.41, 5.74) is 1.39. The zero-order valence-electron chi connectivity index (χ0n) is 13.0. The summed E-state index contributed by atoms with van der Waals surface area (Å²) in [6, 6.07) is 2.96. The lowest BCUT2D eigenvalue weighted by Crippen LogP contribution is -2.31. The summed E-state index contributed by atoms with van der Waals surface area (Å²) >= 11 is 5.62. The van der Waals surface area contributed by atoms with Crippen LogP contribution >= 0.6 is 27.3 Å². The van der Waals surface area contributed by atoms with Crippen LogP contribution in [-0.2, 0) is 0 Å². The summed E-state index contributed by atoms with van der Waals surface area (Å²) in [6.07, 6.45) is 8.23. The van der Waals surface area contributed by atoms with E-state index in [1.165, 1.54) is 52.8 Å². The van der Waals surface area contributed by atoms with Crippen LogP contribution in [0.1, 0.15) is 68.9 Å². The second-order valence-electron chi connectivity index (χ2n) is 6.24. The van der Waals surface area contributed by atoms with Crippen molar-refractivity contribution < 1.29 is 0 Å². The van der Waals surface area contributed by atoms with Gasteiger partial charge < -0.3 is 5.32 Å². The summed E-state index contributed by atoms with van der Waals surface area (Å²) in [4.78, 5) is 1.53. The molecule has 1 aromatic rings. The minimum atomic E-state index is 0.569. The van der Waals surface area contributed by atoms with Gasteiger partial charge in [-0.2, -0.15) is 0 Å². The first-order valence-corrected chi connectivity index (χ1v) is 9.75. The van der Waals surface area contributed by atoms with Gasteiger partial charge in [0.2, 0.25) is 0 Å². The van der Waals surface area contributed by atoms with Gasteiger partial charge in [0.1, 0.15) is 0 Å². The van der Waals surface area contributed by atoms with Gasteiger partial charge in [-0.05, 0) is 72.1 Å². The van der Waals surface area contributed by atoms with E-state index < -0.39 is 0 Å². The molecule has 0 amide bonds. The van der Waals surface area contributed by atoms with Crippen molar-refractivity contribution in [3.63, 3.8) is 0 Å². The topological polar surface area (TPSA) is 12.0 Å². The molecular formula is C17H28BrNS. The Hall–Kier alpha value is 0.140. The molecular weight excluding hydrogens is 330 g/mol. The zero-order chi connectivity index (χ0) is 14.5. The summed E-state index contributed by atoms with van der Waals surface area (Å²) < 4.78 is 1.30. The van der Waals surface area contributed by atoms with Gasteiger partial charge in [0.25, 0.3) is 0 Å². The number of halogens is 1. The average Bonchev–Trinajstić information content (AvgIpc) is 2.79. The van der Waals surface area contributed by atoms with E-state index in [0.29, 0.717) is 6.04 Å². The van der Waals surface area contributed by atoms with Gasteiger partial charge in [-0.25, -0.2) is 0 Å². The van der Waals surface area contributed by atoms with E-state index in [2.05, 4.69) is 48.1 Å². The van der Waals surface area contributed by atoms with Gasteiger partial charge in [0.15, 0.2) is 0 Å². The van der Waals surface area contributed by atoms with Gasteiger partial charge in [-0.3, -0.25) is 0 Å². The maximum absolute atomic E-state index is 3.83. The Balaban J connectivity index is 2.13. The Bertz CT molecular complexity index is 396. The van der Waals surface area contributed by atoms with Crippen LogP contribution in [0.5, 0.6) is 0 Å². The first kappa shape index (κ1) is 16.5. The molecule has 0 aliphatic heterocycles. The fraction of sp³-hybridized carbons (Fsp3) is 0.765. The lowest BCUT2D eigenvalue weighted by molar-refractivity contribution is 0.211. The SMILES string of the molecule is CCCNC(c1cc(C)c(Br)s1)C1CCCC(CC)C1. The van der Waals surface area contributed by atoms with Crippen molar-refractivity contribution in [2.75, 3.05) is 6.54 Å². The smallest absolute Gasteiger partial charge is 0.0731 e. The number of hydrogen-bond acceptors (Lipinski definition) is 2. The number of nitrogens with one attached hydrogen (secondary N) is 1. The minimum absolute atomic E-state index is 0.569. The summed E-state index contributed by atoms with van der Waals surface area (Å²) in [5, 5.41) is 3.83. The third-order valence-electron chi connectivity index (χ3n) is 4.67. The molecule has 0 radical (unpaired) electrons. The summed E-state index contributed by atoms with van der Waals surface area (Å²) in [5.74, 6) is 1.77. The molecule has 2 rings (SSSR count). The molecule has 1 nitrogen and oxygen atoms in total. The molecule has 1 heterocycles. The first-order chi connectivity index (χ1) is 9.65. The van der Waals surface area contributed by atoms with E-state index in [0.717, 1.165) is 18.4 Å². The number of thiophene rings is 1. The third kappa shape index (κ3) is 4.08. The molecule has 3 heteroatoms. The van der Waals surface area contributed by atoms with Crippen LogP contribution in [0, 0.1) is 18.8 Å². The van der Waals surface area contributed by atoms with E-state index in [1.54, 1.807) is 0 Å². The minimum Gasteiger partial charge on any atom is -0.309 e. The number of aryl methyl sites for hydroxylation is 1. The molecule has 0 spiro atoms. The molecule has 0 saturated heterocycles. The molecule has 1 fully saturated rings. The van der Waals surface area contributed by atoms with Gasteiger partial charge in [-0.1, -0.05) is 33.1 Å². The molecule has 1 aliphatic rings. The van der Waals surface area contributed by atoms with Crippen LogP contribution in [0.3, 0.4) is 0 Å². The van der Waals surface area contributed by atoms with Gasteiger partial charge in [0.05, 0.1) is 3.79 Å². The molecule has 20 heavy (non-hydrogen) atoms. The summed E-state index contributed by atoms with van der Waals surface area (Å²) in [7, 11) is 0. The van der Waals surface area contributed by atoms with Crippen molar-refractivity contribution in [3.8, 4) is 0 Å². The van der Waals surface area contributed by atoms with Crippen LogP contribution in [-0.4, -0.2) is 6.54 Å². The van der Waals surface area contributed by atoms with Crippen molar-refractivity contribution in [3.05, 3.63) is 20.3 Å². The molecule has 1 saturated carbocycles. The Morgan fingerprint density at radius 3 is 2.80 bits per heavy atom. The van der Waals surface area contributed by atoms with E-state index in [9.17, 15) is 0 Å². The standard InChI is InChI=1S/C17H28BrNS/c1-4-9-19-16(15-10-12(3)17(18)20-15)14-8-6-7-13(5-2)11-14/h10,13-14,16,19H,4-9,11H2,1-3H3. The van der Waals surface area contributed by atoms with Crippen molar-refractivity contribution in [1.82, 2.24) is 5.32 Å². The van der Waals surface area contributed by atoms with Crippen LogP contribution < -0.4 is 5.32 Å². The van der Waals surface area contributed by atoms with Crippen molar-refractivity contribution in [1.29, 1.82) is 0 Å². The highest BCUT2D eigenvalue weighted by Crippen LogP contribution is 2.42. The predicted molar refractivity (Wildman–Crippen MR) is 93.5 cm³/mol. The number of rotatable bonds is 6. The van der Waals surface area contributed by atoms with Crippen LogP contribution in [0.2, 0.25) is 0 Å². The quantitative estimate of drug-likeness (QED) is 0.650. The molecule has 114 valence electrons. The summed E-state index contributed by atoms with van der Waals surface area (Å²) in [6.45, 7) is 7.95. The van der Waals surface area contributed by atoms with E-state index in [1.807, 2.05) is 11.3 Å². The highest BCUT2D eigenvalue weighted by Gasteiger charge is 2.29. The van der Waals surface area contributed by atoms with Crippen LogP contribution in [0.4, 0.5) is 0 Å². The van der Waals surface area contributed by atoms with Crippen LogP contribution in [0.15, 0.2) is 9.85 Å². The highest BCUT2D eigenvalue weighted by atomic mass is 79.9. The van der Waals surface area contributed by atoms with E-state index in [-0.39, 0.29) is 0 Å². The Morgan fingerprint density at radius 1 is 1.40 bits per heavy atom. The molecule has 0 bridgehead atoms. The molecule has 1 N–H and O–H groups in total. The van der Waals surface area contributed by atoms with Crippen molar-refractivity contribution in [2.45, 2.75) is 65.3 Å². The van der Waals surface area contributed by atoms with Gasteiger partial charge >= 0.3 is 0 Å². The maximum Gasteiger partial charge on any atom is 0.0731 e. The van der Waals surface area contributed by atoms with E-state index >= 15 is 0 Å². The maximum atomic E-state index is 3.83. The Labute approximate surface area is 136 Å². The van der Waals surface area contributed by atoms with Crippen LogP contribution in [0.25, 0.3) is 0 Å². The van der Waals surface area contributed by atoms with E-state index in [4.69, 9.17) is 0 Å². The van der Waals surface area contributed by atoms with Crippen molar-refractivity contribution >= 4 is 27.3 Å². The Kier molecular flexibility index (Phi) is 6.57. The predicted octanol–water partition coefficient (Wildman–Crippen LogP) is 6.08. The van der Waals surface area contributed by atoms with Gasteiger partial charge in [-0.15, -0.1) is 11.3 Å². The average molecular weight is 358 g/mol. The third-order valence-corrected chi connectivity index (χ3v) is 6.89. The molecule has 0 aromatic carbocycles. The largest absolute Gasteiger partial charge is 0.309 e. The monoisotopic (exact) mass is 357 g/mol. The second-order valence-corrected chi connectivity index (χ2v) is 8.64. The fourth-order valence-electron chi connectivity index (χ4n) is 3.44. The molecule has 1 aromatic heterocycles. The lowest BCUT2D eigenvalue weighted by atomic mass is 9.76. The fourth-order valence-corrected chi connectivity index (χ4v) is 5.18. The molecule has 3 atom stereocenters. The number of hydrogen-bond donors (Lipinski definition) is 1. The zero-order valence-corrected chi connectivity index (χ0v) is 15.4. The second kappa shape index (κ2) is 7.95. The lowest BCUT2D eigenvalue weighted by Gasteiger charge is -2.34. The molecule has 3 unspecified atom stereocenters. The van der Waals surface area contributed by atoms with Gasteiger partial charge in [0, 0.05) is 10.9 Å². The molecule has 1 aliphatic carbocycles. The highest BCUT2D eigenvalue weighted by molar-refractivity contribution is 9.11. The van der Waals surface area contributed by atoms with Crippen molar-refractivity contribution in [2.24, 2.45) is 11.8 Å². The first-order valence-electron chi connectivity index (χ1n) is 8.14.